The van der Waals surface area contributed by atoms with Crippen molar-refractivity contribution >= 4 is 5.91 Å². The maximum absolute atomic E-state index is 11.6. The van der Waals surface area contributed by atoms with E-state index in [1.54, 1.807) is 0 Å². The summed E-state index contributed by atoms with van der Waals surface area (Å²) in [6.07, 6.45) is 0.617. The van der Waals surface area contributed by atoms with Crippen molar-refractivity contribution in [2.24, 2.45) is 0 Å². The third-order valence-corrected chi connectivity index (χ3v) is 3.15. The van der Waals surface area contributed by atoms with Gasteiger partial charge in [0.2, 0.25) is 5.91 Å². The van der Waals surface area contributed by atoms with Crippen molar-refractivity contribution in [2.75, 3.05) is 26.3 Å². The number of benzene rings is 1. The third kappa shape index (κ3) is 4.63. The van der Waals surface area contributed by atoms with Gasteiger partial charge in [0.15, 0.2) is 0 Å². The number of carbonyl (C=O) groups excluding carboxylic acids is 1. The quantitative estimate of drug-likeness (QED) is 0.678. The first-order chi connectivity index (χ1) is 9.18. The second kappa shape index (κ2) is 6.65. The largest absolute Gasteiger partial charge is 0.386 e. The Morgan fingerprint density at radius 3 is 2.84 bits per heavy atom. The van der Waals surface area contributed by atoms with E-state index in [0.29, 0.717) is 32.7 Å². The van der Waals surface area contributed by atoms with Crippen LogP contribution < -0.4 is 10.6 Å². The Morgan fingerprint density at radius 2 is 2.16 bits per heavy atom. The molecule has 1 aliphatic heterocycles. The standard InChI is InChI=1S/C14H20N2O3/c17-13(16-8-12-4-2-1-3-5-12)9-15-10-14(18)6-7-19-11-14/h1-5,15,18H,6-11H2,(H,16,17). The fourth-order valence-corrected chi connectivity index (χ4v) is 2.00. The van der Waals surface area contributed by atoms with Crippen molar-refractivity contribution in [2.45, 2.75) is 18.6 Å². The number of aliphatic hydroxyl groups is 1. The van der Waals surface area contributed by atoms with Gasteiger partial charge in [0.25, 0.3) is 0 Å². The molecule has 1 unspecified atom stereocenters. The van der Waals surface area contributed by atoms with Crippen LogP contribution in [0.2, 0.25) is 0 Å². The average molecular weight is 264 g/mol. The van der Waals surface area contributed by atoms with Crippen molar-refractivity contribution in [1.82, 2.24) is 10.6 Å². The van der Waals surface area contributed by atoms with Crippen molar-refractivity contribution < 1.29 is 14.6 Å². The number of rotatable bonds is 6. The predicted molar refractivity (Wildman–Crippen MR) is 71.5 cm³/mol. The van der Waals surface area contributed by atoms with Crippen LogP contribution in [0.3, 0.4) is 0 Å². The van der Waals surface area contributed by atoms with Crippen molar-refractivity contribution in [3.8, 4) is 0 Å². The third-order valence-electron chi connectivity index (χ3n) is 3.15. The van der Waals surface area contributed by atoms with Gasteiger partial charge in [-0.2, -0.15) is 0 Å². The molecule has 104 valence electrons. The van der Waals surface area contributed by atoms with E-state index in [-0.39, 0.29) is 12.5 Å². The van der Waals surface area contributed by atoms with E-state index in [4.69, 9.17) is 4.74 Å². The zero-order valence-electron chi connectivity index (χ0n) is 10.9. The topological polar surface area (TPSA) is 70.6 Å². The molecule has 1 aromatic carbocycles. The maximum Gasteiger partial charge on any atom is 0.234 e. The fraction of sp³-hybridized carbons (Fsp3) is 0.500. The van der Waals surface area contributed by atoms with Gasteiger partial charge in [0, 0.05) is 26.1 Å². The Balaban J connectivity index is 1.62. The van der Waals surface area contributed by atoms with Crippen molar-refractivity contribution in [1.29, 1.82) is 0 Å². The van der Waals surface area contributed by atoms with Crippen LogP contribution in [0.1, 0.15) is 12.0 Å². The lowest BCUT2D eigenvalue weighted by atomic mass is 10.0. The van der Waals surface area contributed by atoms with Crippen LogP contribution in [-0.4, -0.2) is 42.9 Å². The first-order valence-corrected chi connectivity index (χ1v) is 6.49. The molecule has 0 radical (unpaired) electrons. The Labute approximate surface area is 113 Å². The van der Waals surface area contributed by atoms with E-state index in [1.165, 1.54) is 0 Å². The maximum atomic E-state index is 11.6. The van der Waals surface area contributed by atoms with Crippen LogP contribution in [0.15, 0.2) is 30.3 Å². The highest BCUT2D eigenvalue weighted by Gasteiger charge is 2.31. The smallest absolute Gasteiger partial charge is 0.234 e. The normalized spacial score (nSPS) is 22.4. The molecule has 0 spiro atoms. The highest BCUT2D eigenvalue weighted by Crippen LogP contribution is 2.16. The zero-order valence-corrected chi connectivity index (χ0v) is 10.9. The highest BCUT2D eigenvalue weighted by atomic mass is 16.5. The van der Waals surface area contributed by atoms with E-state index in [1.807, 2.05) is 30.3 Å². The molecule has 0 aliphatic carbocycles. The molecular weight excluding hydrogens is 244 g/mol. The van der Waals surface area contributed by atoms with Gasteiger partial charge < -0.3 is 20.5 Å². The molecule has 1 amide bonds. The number of carbonyl (C=O) groups is 1. The van der Waals surface area contributed by atoms with E-state index in [2.05, 4.69) is 10.6 Å². The van der Waals surface area contributed by atoms with Crippen LogP contribution in [0.4, 0.5) is 0 Å². The molecule has 0 saturated carbocycles. The molecule has 5 heteroatoms. The van der Waals surface area contributed by atoms with E-state index >= 15 is 0 Å². The number of nitrogens with one attached hydrogen (secondary N) is 2. The monoisotopic (exact) mass is 264 g/mol. The summed E-state index contributed by atoms with van der Waals surface area (Å²) < 4.78 is 5.13. The molecule has 1 aliphatic rings. The number of hydrogen-bond acceptors (Lipinski definition) is 4. The second-order valence-electron chi connectivity index (χ2n) is 4.89. The molecule has 1 heterocycles. The SMILES string of the molecule is O=C(CNCC1(O)CCOC1)NCc1ccccc1. The number of ether oxygens (including phenoxy) is 1. The summed E-state index contributed by atoms with van der Waals surface area (Å²) >= 11 is 0. The van der Waals surface area contributed by atoms with Gasteiger partial charge in [0.1, 0.15) is 5.60 Å². The Kier molecular flexibility index (Phi) is 4.90. The lowest BCUT2D eigenvalue weighted by Gasteiger charge is -2.20. The van der Waals surface area contributed by atoms with Crippen LogP contribution in [0, 0.1) is 0 Å². The summed E-state index contributed by atoms with van der Waals surface area (Å²) in [6.45, 7) is 2.03. The van der Waals surface area contributed by atoms with Gasteiger partial charge in [-0.1, -0.05) is 30.3 Å². The summed E-state index contributed by atoms with van der Waals surface area (Å²) in [5.41, 5.74) is 0.248. The molecule has 5 nitrogen and oxygen atoms in total. The van der Waals surface area contributed by atoms with Crippen molar-refractivity contribution in [3.05, 3.63) is 35.9 Å². The molecule has 3 N–H and O–H groups in total. The molecule has 1 saturated heterocycles. The van der Waals surface area contributed by atoms with Gasteiger partial charge in [-0.15, -0.1) is 0 Å². The predicted octanol–water partition coefficient (Wildman–Crippen LogP) is 0.0438. The Hall–Kier alpha value is -1.43. The minimum atomic E-state index is -0.820. The summed E-state index contributed by atoms with van der Waals surface area (Å²) in [7, 11) is 0. The van der Waals surface area contributed by atoms with Crippen LogP contribution in [-0.2, 0) is 16.1 Å². The summed E-state index contributed by atoms with van der Waals surface area (Å²) in [4.78, 5) is 11.6. The minimum Gasteiger partial charge on any atom is -0.386 e. The van der Waals surface area contributed by atoms with E-state index in [9.17, 15) is 9.90 Å². The number of hydrogen-bond donors (Lipinski definition) is 3. The second-order valence-corrected chi connectivity index (χ2v) is 4.89. The first kappa shape index (κ1) is 14.0. The molecule has 2 rings (SSSR count). The molecule has 1 fully saturated rings. The molecular formula is C14H20N2O3. The van der Waals surface area contributed by atoms with Crippen molar-refractivity contribution in [3.63, 3.8) is 0 Å². The summed E-state index contributed by atoms with van der Waals surface area (Å²) in [6, 6.07) is 9.75. The Bertz CT molecular complexity index is 402. The van der Waals surface area contributed by atoms with Gasteiger partial charge >= 0.3 is 0 Å². The Morgan fingerprint density at radius 1 is 1.37 bits per heavy atom. The molecule has 19 heavy (non-hydrogen) atoms. The lowest BCUT2D eigenvalue weighted by Crippen LogP contribution is -2.44. The lowest BCUT2D eigenvalue weighted by molar-refractivity contribution is -0.120. The van der Waals surface area contributed by atoms with Gasteiger partial charge in [-0.3, -0.25) is 4.79 Å². The summed E-state index contributed by atoms with van der Waals surface area (Å²) in [5, 5.41) is 15.8. The van der Waals surface area contributed by atoms with E-state index < -0.39 is 5.60 Å². The van der Waals surface area contributed by atoms with Crippen LogP contribution >= 0.6 is 0 Å². The minimum absolute atomic E-state index is 0.0774. The van der Waals surface area contributed by atoms with Crippen LogP contribution in [0.25, 0.3) is 0 Å². The highest BCUT2D eigenvalue weighted by molar-refractivity contribution is 5.77. The summed E-state index contributed by atoms with van der Waals surface area (Å²) in [5.74, 6) is -0.0774. The molecule has 0 bridgehead atoms. The van der Waals surface area contributed by atoms with Gasteiger partial charge in [0.05, 0.1) is 13.2 Å². The van der Waals surface area contributed by atoms with Gasteiger partial charge in [-0.05, 0) is 5.56 Å². The molecule has 1 atom stereocenters. The average Bonchev–Trinajstić information content (AvgIpc) is 2.85. The van der Waals surface area contributed by atoms with E-state index in [0.717, 1.165) is 5.56 Å². The fourth-order valence-electron chi connectivity index (χ4n) is 2.00. The van der Waals surface area contributed by atoms with Gasteiger partial charge in [-0.25, -0.2) is 0 Å². The van der Waals surface area contributed by atoms with Crippen LogP contribution in [0.5, 0.6) is 0 Å². The molecule has 1 aromatic rings. The number of amides is 1. The first-order valence-electron chi connectivity index (χ1n) is 6.49. The zero-order chi connectivity index (χ0) is 13.6. The molecule has 0 aromatic heterocycles.